The molecule has 1 aromatic carbocycles. The maximum absolute atomic E-state index is 13.4. The minimum Gasteiger partial charge on any atom is -0.409 e. The number of thioether (sulfide) groups is 1. The van der Waals surface area contributed by atoms with Crippen LogP contribution in [0.2, 0.25) is 0 Å². The molecule has 0 amide bonds. The molecule has 0 radical (unpaired) electrons. The van der Waals surface area contributed by atoms with Crippen LogP contribution in [0.3, 0.4) is 0 Å². The van der Waals surface area contributed by atoms with E-state index in [1.54, 1.807) is 6.07 Å². The molecule has 1 fully saturated rings. The van der Waals surface area contributed by atoms with Crippen molar-refractivity contribution in [1.29, 1.82) is 0 Å². The van der Waals surface area contributed by atoms with Gasteiger partial charge in [0.1, 0.15) is 5.82 Å². The Labute approximate surface area is 110 Å². The maximum atomic E-state index is 13.4. The second-order valence-corrected chi connectivity index (χ2v) is 5.84. The quantitative estimate of drug-likeness (QED) is 0.382. The zero-order valence-electron chi connectivity index (χ0n) is 10.1. The molecule has 2 rings (SSSR count). The van der Waals surface area contributed by atoms with Crippen molar-refractivity contribution in [3.05, 3.63) is 35.1 Å². The molecule has 0 aliphatic heterocycles. The molecule has 1 aliphatic rings. The van der Waals surface area contributed by atoms with E-state index in [1.165, 1.54) is 37.8 Å². The van der Waals surface area contributed by atoms with Crippen molar-refractivity contribution in [2.45, 2.75) is 36.7 Å². The van der Waals surface area contributed by atoms with Gasteiger partial charge in [-0.1, -0.05) is 18.0 Å². The Balaban J connectivity index is 2.05. The van der Waals surface area contributed by atoms with Gasteiger partial charge in [0.25, 0.3) is 0 Å². The third kappa shape index (κ3) is 3.38. The number of benzene rings is 1. The van der Waals surface area contributed by atoms with Crippen LogP contribution in [0.4, 0.5) is 4.39 Å². The molecule has 1 saturated carbocycles. The van der Waals surface area contributed by atoms with E-state index in [1.807, 2.05) is 11.8 Å². The molecular weight excluding hydrogens is 251 g/mol. The molecule has 1 aromatic rings. The van der Waals surface area contributed by atoms with Gasteiger partial charge in [-0.15, -0.1) is 0 Å². The Bertz CT molecular complexity index is 445. The van der Waals surface area contributed by atoms with E-state index in [9.17, 15) is 4.39 Å². The van der Waals surface area contributed by atoms with Crippen LogP contribution in [0.1, 0.15) is 36.8 Å². The lowest BCUT2D eigenvalue weighted by Crippen LogP contribution is -2.13. The lowest BCUT2D eigenvalue weighted by molar-refractivity contribution is 0.318. The van der Waals surface area contributed by atoms with E-state index in [-0.39, 0.29) is 11.7 Å². The molecule has 0 bridgehead atoms. The predicted octanol–water partition coefficient (Wildman–Crippen LogP) is 3.10. The second-order valence-electron chi connectivity index (χ2n) is 4.55. The van der Waals surface area contributed by atoms with Gasteiger partial charge in [0.2, 0.25) is 0 Å². The number of hydrogen-bond donors (Lipinski definition) is 2. The molecule has 0 aromatic heterocycles. The normalized spacial score (nSPS) is 17.3. The fraction of sp³-hybridized carbons (Fsp3) is 0.462. The summed E-state index contributed by atoms with van der Waals surface area (Å²) in [6.07, 6.45) is 5.12. The highest BCUT2D eigenvalue weighted by Crippen LogP contribution is 2.31. The van der Waals surface area contributed by atoms with Gasteiger partial charge in [0.15, 0.2) is 5.84 Å². The number of nitrogens with zero attached hydrogens (tertiary/aromatic N) is 1. The van der Waals surface area contributed by atoms with Crippen molar-refractivity contribution in [2.75, 3.05) is 0 Å². The molecule has 98 valence electrons. The van der Waals surface area contributed by atoms with E-state index in [0.29, 0.717) is 10.8 Å². The second kappa shape index (κ2) is 6.09. The van der Waals surface area contributed by atoms with Crippen molar-refractivity contribution in [3.8, 4) is 0 Å². The maximum Gasteiger partial charge on any atom is 0.170 e. The minimum absolute atomic E-state index is 0.0541. The van der Waals surface area contributed by atoms with Crippen LogP contribution in [-0.2, 0) is 5.75 Å². The van der Waals surface area contributed by atoms with E-state index < -0.39 is 0 Å². The standard InChI is InChI=1S/C13H17FN2OS/c14-11-6-9(5-10(7-11)13(15)16-17)8-18-12-3-1-2-4-12/h5-7,12,17H,1-4,8H2,(H2,15,16). The fourth-order valence-electron chi connectivity index (χ4n) is 2.21. The third-order valence-electron chi connectivity index (χ3n) is 3.15. The van der Waals surface area contributed by atoms with Crippen LogP contribution < -0.4 is 5.73 Å². The van der Waals surface area contributed by atoms with Gasteiger partial charge < -0.3 is 10.9 Å². The number of hydrogen-bond acceptors (Lipinski definition) is 3. The van der Waals surface area contributed by atoms with Crippen molar-refractivity contribution >= 4 is 17.6 Å². The summed E-state index contributed by atoms with van der Waals surface area (Å²) in [5, 5.41) is 12.2. The lowest BCUT2D eigenvalue weighted by atomic mass is 10.1. The molecule has 1 aliphatic carbocycles. The van der Waals surface area contributed by atoms with Gasteiger partial charge in [-0.3, -0.25) is 0 Å². The molecule has 0 saturated heterocycles. The number of oxime groups is 1. The summed E-state index contributed by atoms with van der Waals surface area (Å²) >= 11 is 1.86. The Morgan fingerprint density at radius 3 is 2.78 bits per heavy atom. The summed E-state index contributed by atoms with van der Waals surface area (Å²) in [6, 6.07) is 4.56. The minimum atomic E-state index is -0.346. The van der Waals surface area contributed by atoms with Gasteiger partial charge in [-0.2, -0.15) is 11.8 Å². The predicted molar refractivity (Wildman–Crippen MR) is 72.5 cm³/mol. The molecule has 18 heavy (non-hydrogen) atoms. The van der Waals surface area contributed by atoms with Crippen LogP contribution >= 0.6 is 11.8 Å². The average molecular weight is 268 g/mol. The topological polar surface area (TPSA) is 58.6 Å². The van der Waals surface area contributed by atoms with Gasteiger partial charge in [0, 0.05) is 16.6 Å². The van der Waals surface area contributed by atoms with Crippen molar-refractivity contribution in [1.82, 2.24) is 0 Å². The number of amidine groups is 1. The van der Waals surface area contributed by atoms with Gasteiger partial charge in [-0.05, 0) is 36.6 Å². The number of halogens is 1. The Hall–Kier alpha value is -1.23. The summed E-state index contributed by atoms with van der Waals surface area (Å²) in [4.78, 5) is 0. The molecule has 0 atom stereocenters. The van der Waals surface area contributed by atoms with Gasteiger partial charge >= 0.3 is 0 Å². The Morgan fingerprint density at radius 1 is 1.39 bits per heavy atom. The summed E-state index contributed by atoms with van der Waals surface area (Å²) in [5.41, 5.74) is 6.79. The van der Waals surface area contributed by atoms with Crippen molar-refractivity contribution in [3.63, 3.8) is 0 Å². The van der Waals surface area contributed by atoms with Gasteiger partial charge in [0.05, 0.1) is 0 Å². The zero-order chi connectivity index (χ0) is 13.0. The highest BCUT2D eigenvalue weighted by atomic mass is 32.2. The first-order valence-corrected chi connectivity index (χ1v) is 7.13. The summed E-state index contributed by atoms with van der Waals surface area (Å²) < 4.78 is 13.4. The third-order valence-corrected chi connectivity index (χ3v) is 4.59. The Kier molecular flexibility index (Phi) is 4.47. The highest BCUT2D eigenvalue weighted by Gasteiger charge is 2.15. The summed E-state index contributed by atoms with van der Waals surface area (Å²) in [6.45, 7) is 0. The van der Waals surface area contributed by atoms with E-state index in [4.69, 9.17) is 10.9 Å². The smallest absolute Gasteiger partial charge is 0.170 e. The highest BCUT2D eigenvalue weighted by molar-refractivity contribution is 7.99. The first-order valence-electron chi connectivity index (χ1n) is 6.08. The Morgan fingerprint density at radius 2 is 2.11 bits per heavy atom. The summed E-state index contributed by atoms with van der Waals surface area (Å²) in [5.74, 6) is 0.372. The van der Waals surface area contributed by atoms with E-state index >= 15 is 0 Å². The van der Waals surface area contributed by atoms with Crippen molar-refractivity contribution < 1.29 is 9.60 Å². The fourth-order valence-corrected chi connectivity index (χ4v) is 3.47. The largest absolute Gasteiger partial charge is 0.409 e. The van der Waals surface area contributed by atoms with E-state index in [2.05, 4.69) is 5.16 Å². The van der Waals surface area contributed by atoms with Gasteiger partial charge in [-0.25, -0.2) is 4.39 Å². The molecular formula is C13H17FN2OS. The SMILES string of the molecule is N/C(=N/O)c1cc(F)cc(CSC2CCCC2)c1. The molecule has 0 spiro atoms. The average Bonchev–Trinajstić information content (AvgIpc) is 2.88. The number of rotatable bonds is 4. The first-order chi connectivity index (χ1) is 8.69. The zero-order valence-corrected chi connectivity index (χ0v) is 10.9. The first kappa shape index (κ1) is 13.2. The van der Waals surface area contributed by atoms with Crippen LogP contribution in [0.25, 0.3) is 0 Å². The monoisotopic (exact) mass is 268 g/mol. The van der Waals surface area contributed by atoms with Crippen molar-refractivity contribution in [2.24, 2.45) is 10.9 Å². The lowest BCUT2D eigenvalue weighted by Gasteiger charge is -2.09. The molecule has 0 heterocycles. The molecule has 5 heteroatoms. The van der Waals surface area contributed by atoms with Crippen LogP contribution in [0.15, 0.2) is 23.4 Å². The molecule has 3 N–H and O–H groups in total. The number of nitrogens with two attached hydrogens (primary N) is 1. The molecule has 0 unspecified atom stereocenters. The van der Waals surface area contributed by atoms with Crippen LogP contribution in [-0.4, -0.2) is 16.3 Å². The molecule has 3 nitrogen and oxygen atoms in total. The van der Waals surface area contributed by atoms with E-state index in [0.717, 1.165) is 11.3 Å². The summed E-state index contributed by atoms with van der Waals surface area (Å²) in [7, 11) is 0. The van der Waals surface area contributed by atoms with Crippen LogP contribution in [0.5, 0.6) is 0 Å². The van der Waals surface area contributed by atoms with Crippen LogP contribution in [0, 0.1) is 5.82 Å².